The third-order valence-corrected chi connectivity index (χ3v) is 3.85. The van der Waals surface area contributed by atoms with Gasteiger partial charge in [0.05, 0.1) is 16.6 Å². The summed E-state index contributed by atoms with van der Waals surface area (Å²) >= 11 is 0. The van der Waals surface area contributed by atoms with Gasteiger partial charge in [0.1, 0.15) is 12.4 Å². The van der Waals surface area contributed by atoms with Crippen molar-refractivity contribution in [3.05, 3.63) is 51.5 Å². The number of carbonyl (C=O) groups is 1. The number of hydrogen-bond donors (Lipinski definition) is 1. The Balaban J connectivity index is 2.17. The number of rotatable bonds is 4. The minimum absolute atomic E-state index is 0.240. The van der Waals surface area contributed by atoms with Crippen LogP contribution in [0.25, 0.3) is 0 Å². The van der Waals surface area contributed by atoms with E-state index in [1.807, 2.05) is 0 Å². The second kappa shape index (κ2) is 6.47. The minimum atomic E-state index is -0.806. The topological polar surface area (TPSA) is 135 Å². The van der Waals surface area contributed by atoms with Crippen molar-refractivity contribution in [3.8, 4) is 5.75 Å². The predicted molar refractivity (Wildman–Crippen MR) is 88.3 cm³/mol. The fourth-order valence-corrected chi connectivity index (χ4v) is 2.79. The van der Waals surface area contributed by atoms with Crippen LogP contribution in [0.2, 0.25) is 0 Å². The molecule has 1 aliphatic rings. The zero-order valence-electron chi connectivity index (χ0n) is 14.3. The molecule has 1 aromatic heterocycles. The molecular weight excluding hydrogens is 342 g/mol. The Morgan fingerprint density at radius 2 is 2.15 bits per heavy atom. The molecule has 1 aromatic carbocycles. The highest BCUT2D eigenvalue weighted by Crippen LogP contribution is 2.37. The second-order valence-electron chi connectivity index (χ2n) is 6.03. The van der Waals surface area contributed by atoms with Crippen LogP contribution in [0.4, 0.5) is 11.6 Å². The molecule has 136 valence electrons. The number of fused-ring (bicyclic) bond motifs is 1. The molecule has 1 aliphatic heterocycles. The van der Waals surface area contributed by atoms with Crippen LogP contribution >= 0.6 is 0 Å². The molecular formula is C16H16N5O5-. The number of carbonyl (C=O) groups excluding carboxylic acids is 1. The highest BCUT2D eigenvalue weighted by molar-refractivity contribution is 5.92. The molecule has 0 fully saturated rings. The largest absolute Gasteiger partial charge is 0.868 e. The molecule has 0 radical (unpaired) electrons. The van der Waals surface area contributed by atoms with Crippen molar-refractivity contribution in [3.63, 3.8) is 0 Å². The standard InChI is InChI=1S/C16H17N5O5/c1-8(2)26-15(23)13-9(3)19-16-17-7-18-20(16)14(13)10-4-5-12(22)11(6-10)21(24)25/h4-8,14,22H,1-3H3,(H,17,18,19)/p-1. The monoisotopic (exact) mass is 358 g/mol. The van der Waals surface area contributed by atoms with E-state index in [4.69, 9.17) is 4.74 Å². The molecule has 0 aliphatic carbocycles. The molecule has 3 rings (SSSR count). The van der Waals surface area contributed by atoms with Crippen molar-refractivity contribution in [2.45, 2.75) is 32.9 Å². The van der Waals surface area contributed by atoms with Gasteiger partial charge < -0.3 is 15.2 Å². The average Bonchev–Trinajstić information content (AvgIpc) is 3.00. The maximum Gasteiger partial charge on any atom is 0.338 e. The number of esters is 1. The van der Waals surface area contributed by atoms with Gasteiger partial charge in [-0.05, 0) is 32.1 Å². The van der Waals surface area contributed by atoms with Crippen LogP contribution in [0.5, 0.6) is 5.75 Å². The van der Waals surface area contributed by atoms with E-state index < -0.39 is 28.4 Å². The molecule has 0 amide bonds. The quantitative estimate of drug-likeness (QED) is 0.493. The smallest absolute Gasteiger partial charge is 0.338 e. The highest BCUT2D eigenvalue weighted by atomic mass is 16.6. The summed E-state index contributed by atoms with van der Waals surface area (Å²) < 4.78 is 6.73. The second-order valence-corrected chi connectivity index (χ2v) is 6.03. The van der Waals surface area contributed by atoms with Crippen molar-refractivity contribution in [2.24, 2.45) is 0 Å². The van der Waals surface area contributed by atoms with Crippen LogP contribution < -0.4 is 10.4 Å². The van der Waals surface area contributed by atoms with Gasteiger partial charge in [-0.3, -0.25) is 10.1 Å². The van der Waals surface area contributed by atoms with Gasteiger partial charge in [0.2, 0.25) is 5.95 Å². The zero-order chi connectivity index (χ0) is 19.0. The number of allylic oxidation sites excluding steroid dienone is 1. The van der Waals surface area contributed by atoms with E-state index in [0.29, 0.717) is 17.2 Å². The van der Waals surface area contributed by atoms with E-state index >= 15 is 0 Å². The Bertz CT molecular complexity index is 918. The van der Waals surface area contributed by atoms with Gasteiger partial charge in [0.25, 0.3) is 5.69 Å². The van der Waals surface area contributed by atoms with Crippen molar-refractivity contribution in [2.75, 3.05) is 5.32 Å². The number of ether oxygens (including phenoxy) is 1. The number of benzene rings is 1. The van der Waals surface area contributed by atoms with Gasteiger partial charge in [0.15, 0.2) is 0 Å². The lowest BCUT2D eigenvalue weighted by Gasteiger charge is -2.28. The molecule has 1 unspecified atom stereocenters. The first kappa shape index (κ1) is 17.4. The summed E-state index contributed by atoms with van der Waals surface area (Å²) in [7, 11) is 0. The maximum atomic E-state index is 12.6. The van der Waals surface area contributed by atoms with Crippen LogP contribution in [0, 0.1) is 10.1 Å². The van der Waals surface area contributed by atoms with Gasteiger partial charge >= 0.3 is 5.97 Å². The van der Waals surface area contributed by atoms with Crippen LogP contribution in [0.15, 0.2) is 35.8 Å². The molecule has 0 saturated carbocycles. The fourth-order valence-electron chi connectivity index (χ4n) is 2.79. The molecule has 0 saturated heterocycles. The van der Waals surface area contributed by atoms with Crippen molar-refractivity contribution >= 4 is 17.6 Å². The van der Waals surface area contributed by atoms with E-state index in [1.54, 1.807) is 20.8 Å². The number of aromatic nitrogens is 3. The summed E-state index contributed by atoms with van der Waals surface area (Å²) in [5, 5.41) is 29.9. The highest BCUT2D eigenvalue weighted by Gasteiger charge is 2.35. The molecule has 0 spiro atoms. The van der Waals surface area contributed by atoms with Crippen LogP contribution in [0.3, 0.4) is 0 Å². The lowest BCUT2D eigenvalue weighted by atomic mass is 9.95. The van der Waals surface area contributed by atoms with Gasteiger partial charge in [-0.1, -0.05) is 12.1 Å². The Kier molecular flexibility index (Phi) is 4.33. The van der Waals surface area contributed by atoms with Crippen LogP contribution in [0.1, 0.15) is 32.4 Å². The summed E-state index contributed by atoms with van der Waals surface area (Å²) in [6, 6.07) is 2.89. The Hall–Kier alpha value is -3.43. The minimum Gasteiger partial charge on any atom is -0.868 e. The Morgan fingerprint density at radius 1 is 1.42 bits per heavy atom. The summed E-state index contributed by atoms with van der Waals surface area (Å²) in [5.41, 5.74) is 0.524. The first-order valence-electron chi connectivity index (χ1n) is 7.83. The summed E-state index contributed by atoms with van der Waals surface area (Å²) in [5.74, 6) is -0.911. The third-order valence-electron chi connectivity index (χ3n) is 3.85. The molecule has 10 heteroatoms. The fraction of sp³-hybridized carbons (Fsp3) is 0.312. The van der Waals surface area contributed by atoms with E-state index in [2.05, 4.69) is 15.4 Å². The number of nitro groups is 1. The van der Waals surface area contributed by atoms with E-state index in [1.165, 1.54) is 17.1 Å². The van der Waals surface area contributed by atoms with Gasteiger partial charge in [-0.25, -0.2) is 9.48 Å². The van der Waals surface area contributed by atoms with E-state index in [0.717, 1.165) is 12.1 Å². The van der Waals surface area contributed by atoms with Crippen LogP contribution in [-0.2, 0) is 9.53 Å². The lowest BCUT2D eigenvalue weighted by molar-refractivity contribution is -0.398. The lowest BCUT2D eigenvalue weighted by Crippen LogP contribution is -2.30. The zero-order valence-corrected chi connectivity index (χ0v) is 14.3. The number of nitrogens with zero attached hydrogens (tertiary/aromatic N) is 4. The first-order valence-corrected chi connectivity index (χ1v) is 7.83. The first-order chi connectivity index (χ1) is 12.3. The average molecular weight is 358 g/mol. The third kappa shape index (κ3) is 2.96. The van der Waals surface area contributed by atoms with Crippen molar-refractivity contribution in [1.82, 2.24) is 14.8 Å². The van der Waals surface area contributed by atoms with Gasteiger partial charge in [0, 0.05) is 11.8 Å². The van der Waals surface area contributed by atoms with Crippen molar-refractivity contribution < 1.29 is 19.6 Å². The van der Waals surface area contributed by atoms with E-state index in [-0.39, 0.29) is 11.7 Å². The molecule has 1 atom stereocenters. The maximum absolute atomic E-state index is 12.6. The number of nitro benzene ring substituents is 1. The summed E-state index contributed by atoms with van der Waals surface area (Å²) in [6.45, 7) is 5.12. The normalized spacial score (nSPS) is 16.2. The SMILES string of the molecule is CC1=C(C(=O)OC(C)C)C(c2ccc([O-])c([N+](=O)[O-])c2)n2ncnc2N1. The number of nitrogens with one attached hydrogen (secondary N) is 1. The molecule has 2 heterocycles. The number of hydrogen-bond acceptors (Lipinski definition) is 8. The summed E-state index contributed by atoms with van der Waals surface area (Å²) in [6.07, 6.45) is 0.953. The Labute approximate surface area is 148 Å². The molecule has 10 nitrogen and oxygen atoms in total. The van der Waals surface area contributed by atoms with E-state index in [9.17, 15) is 20.0 Å². The van der Waals surface area contributed by atoms with Crippen molar-refractivity contribution in [1.29, 1.82) is 0 Å². The number of anilines is 1. The van der Waals surface area contributed by atoms with Gasteiger partial charge in [-0.15, -0.1) is 0 Å². The van der Waals surface area contributed by atoms with Crippen LogP contribution in [-0.4, -0.2) is 31.8 Å². The predicted octanol–water partition coefficient (Wildman–Crippen LogP) is 1.50. The Morgan fingerprint density at radius 3 is 2.81 bits per heavy atom. The molecule has 2 aromatic rings. The van der Waals surface area contributed by atoms with Gasteiger partial charge in [-0.2, -0.15) is 10.1 Å². The molecule has 0 bridgehead atoms. The molecule has 1 N–H and O–H groups in total. The molecule has 26 heavy (non-hydrogen) atoms. The summed E-state index contributed by atoms with van der Waals surface area (Å²) in [4.78, 5) is 27.1.